The summed E-state index contributed by atoms with van der Waals surface area (Å²) in [6, 6.07) is 10.4. The highest BCUT2D eigenvalue weighted by Crippen LogP contribution is 2.15. The first-order valence-corrected chi connectivity index (χ1v) is 6.97. The van der Waals surface area contributed by atoms with Gasteiger partial charge in [0, 0.05) is 0 Å². The van der Waals surface area contributed by atoms with Crippen molar-refractivity contribution in [3.63, 3.8) is 0 Å². The van der Waals surface area contributed by atoms with E-state index in [0.717, 1.165) is 5.56 Å². The number of nitrogens with zero attached hydrogens (tertiary/aromatic N) is 1. The third-order valence-electron chi connectivity index (χ3n) is 2.70. The molecule has 0 bridgehead atoms. The molecule has 7 nitrogen and oxygen atoms in total. The number of nitrogens with one attached hydrogen (secondary N) is 1. The molecular formula is C15H15N3O4S. The van der Waals surface area contributed by atoms with Crippen molar-refractivity contribution in [2.45, 2.75) is 6.61 Å². The maximum Gasteiger partial charge on any atom is 0.373 e. The van der Waals surface area contributed by atoms with E-state index in [4.69, 9.17) is 14.9 Å². The highest BCUT2D eigenvalue weighted by atomic mass is 32.1. The van der Waals surface area contributed by atoms with Crippen LogP contribution in [0.4, 0.5) is 0 Å². The van der Waals surface area contributed by atoms with Gasteiger partial charge in [0.05, 0.1) is 13.3 Å². The van der Waals surface area contributed by atoms with Gasteiger partial charge in [0.15, 0.2) is 5.11 Å². The summed E-state index contributed by atoms with van der Waals surface area (Å²) in [6.07, 6.45) is 1.58. The monoisotopic (exact) mass is 333 g/mol. The van der Waals surface area contributed by atoms with Crippen molar-refractivity contribution >= 4 is 29.5 Å². The van der Waals surface area contributed by atoms with E-state index < -0.39 is 5.97 Å². The van der Waals surface area contributed by atoms with Crippen molar-refractivity contribution in [3.8, 4) is 5.75 Å². The molecule has 0 aliphatic rings. The summed E-state index contributed by atoms with van der Waals surface area (Å²) in [5.41, 5.74) is 8.58. The lowest BCUT2D eigenvalue weighted by molar-refractivity contribution is 0.0561. The fourth-order valence-electron chi connectivity index (χ4n) is 1.64. The first kappa shape index (κ1) is 16.5. The summed E-state index contributed by atoms with van der Waals surface area (Å²) < 4.78 is 15.4. The summed E-state index contributed by atoms with van der Waals surface area (Å²) in [6.45, 7) is 0.202. The average Bonchev–Trinajstić information content (AvgIpc) is 3.02. The van der Waals surface area contributed by atoms with Gasteiger partial charge < -0.3 is 19.6 Å². The molecule has 1 heterocycles. The maximum absolute atomic E-state index is 11.3. The largest absolute Gasteiger partial charge is 0.486 e. The van der Waals surface area contributed by atoms with E-state index in [9.17, 15) is 4.79 Å². The van der Waals surface area contributed by atoms with Crippen molar-refractivity contribution in [3.05, 3.63) is 53.5 Å². The Bertz CT molecular complexity index is 710. The lowest BCUT2D eigenvalue weighted by Gasteiger charge is -2.04. The van der Waals surface area contributed by atoms with Crippen LogP contribution in [0, 0.1) is 0 Å². The van der Waals surface area contributed by atoms with Crippen LogP contribution >= 0.6 is 12.2 Å². The first-order chi connectivity index (χ1) is 11.1. The number of esters is 1. The number of carbonyl (C=O) groups is 1. The third-order valence-corrected chi connectivity index (χ3v) is 2.79. The van der Waals surface area contributed by atoms with Crippen molar-refractivity contribution in [1.29, 1.82) is 0 Å². The molecule has 2 rings (SSSR count). The van der Waals surface area contributed by atoms with Gasteiger partial charge in [-0.05, 0) is 54.2 Å². The van der Waals surface area contributed by atoms with E-state index in [1.165, 1.54) is 7.11 Å². The quantitative estimate of drug-likeness (QED) is 0.360. The fraction of sp³-hybridized carbons (Fsp3) is 0.133. The molecule has 0 saturated heterocycles. The molecule has 1 aromatic heterocycles. The molecular weight excluding hydrogens is 318 g/mol. The third kappa shape index (κ3) is 5.11. The summed E-state index contributed by atoms with van der Waals surface area (Å²) in [5.74, 6) is 0.797. The summed E-state index contributed by atoms with van der Waals surface area (Å²) >= 11 is 4.63. The predicted molar refractivity (Wildman–Crippen MR) is 88.3 cm³/mol. The van der Waals surface area contributed by atoms with Gasteiger partial charge in [-0.3, -0.25) is 5.43 Å². The number of hydrogen-bond acceptors (Lipinski definition) is 6. The molecule has 0 aliphatic carbocycles. The van der Waals surface area contributed by atoms with Gasteiger partial charge in [-0.25, -0.2) is 4.79 Å². The Morgan fingerprint density at radius 2 is 2.09 bits per heavy atom. The Morgan fingerprint density at radius 3 is 2.74 bits per heavy atom. The predicted octanol–water partition coefficient (Wildman–Crippen LogP) is 1.81. The van der Waals surface area contributed by atoms with Gasteiger partial charge in [-0.15, -0.1) is 0 Å². The smallest absolute Gasteiger partial charge is 0.373 e. The zero-order valence-corrected chi connectivity index (χ0v) is 13.1. The van der Waals surface area contributed by atoms with Gasteiger partial charge in [0.2, 0.25) is 5.76 Å². The van der Waals surface area contributed by atoms with E-state index >= 15 is 0 Å². The molecule has 0 unspecified atom stereocenters. The zero-order valence-electron chi connectivity index (χ0n) is 12.3. The minimum atomic E-state index is -0.523. The topological polar surface area (TPSA) is 99.1 Å². The molecule has 0 fully saturated rings. The highest BCUT2D eigenvalue weighted by Gasteiger charge is 2.11. The number of hydrazone groups is 1. The molecule has 0 spiro atoms. The highest BCUT2D eigenvalue weighted by molar-refractivity contribution is 7.80. The second-order valence-corrected chi connectivity index (χ2v) is 4.79. The van der Waals surface area contributed by atoms with Crippen molar-refractivity contribution < 1.29 is 18.7 Å². The molecule has 0 atom stereocenters. The Balaban J connectivity index is 1.88. The number of thiocarbonyl (C=S) groups is 1. The van der Waals surface area contributed by atoms with Crippen LogP contribution in [0.3, 0.4) is 0 Å². The molecule has 3 N–H and O–H groups in total. The number of carbonyl (C=O) groups excluding carboxylic acids is 1. The van der Waals surface area contributed by atoms with Crippen LogP contribution in [0.15, 0.2) is 45.9 Å². The van der Waals surface area contributed by atoms with Gasteiger partial charge in [-0.2, -0.15) is 5.10 Å². The summed E-state index contributed by atoms with van der Waals surface area (Å²) in [7, 11) is 1.29. The number of hydrogen-bond donors (Lipinski definition) is 2. The SMILES string of the molecule is COC(=O)c1ccc(COc2ccc(/C=N\NC(N)=S)cc2)o1. The Kier molecular flexibility index (Phi) is 5.70. The van der Waals surface area contributed by atoms with Crippen LogP contribution in [0.25, 0.3) is 0 Å². The Hall–Kier alpha value is -2.87. The number of nitrogens with two attached hydrogens (primary N) is 1. The molecule has 2 aromatic rings. The first-order valence-electron chi connectivity index (χ1n) is 6.57. The standard InChI is InChI=1S/C15H15N3O4S/c1-20-14(19)13-7-6-12(22-13)9-21-11-4-2-10(3-5-11)8-17-18-15(16)23/h2-8H,9H2,1H3,(H3,16,18,23)/b17-8-. The molecule has 0 aliphatic heterocycles. The molecule has 8 heteroatoms. The van der Waals surface area contributed by atoms with E-state index in [1.807, 2.05) is 12.1 Å². The van der Waals surface area contributed by atoms with Crippen LogP contribution in [0.1, 0.15) is 21.9 Å². The van der Waals surface area contributed by atoms with Crippen molar-refractivity contribution in [1.82, 2.24) is 5.43 Å². The van der Waals surface area contributed by atoms with Gasteiger partial charge >= 0.3 is 5.97 Å². The fourth-order valence-corrected chi connectivity index (χ4v) is 1.69. The number of furan rings is 1. The van der Waals surface area contributed by atoms with Crippen LogP contribution < -0.4 is 15.9 Å². The van der Waals surface area contributed by atoms with Crippen molar-refractivity contribution in [2.24, 2.45) is 10.8 Å². The van der Waals surface area contributed by atoms with Crippen LogP contribution in [-0.4, -0.2) is 24.4 Å². The van der Waals surface area contributed by atoms with E-state index in [1.54, 1.807) is 30.5 Å². The molecule has 0 radical (unpaired) electrons. The Labute approximate surface area is 138 Å². The lowest BCUT2D eigenvalue weighted by atomic mass is 10.2. The number of ether oxygens (including phenoxy) is 2. The van der Waals surface area contributed by atoms with Crippen LogP contribution in [-0.2, 0) is 11.3 Å². The molecule has 120 valence electrons. The maximum atomic E-state index is 11.3. The molecule has 1 aromatic carbocycles. The van der Waals surface area contributed by atoms with Crippen LogP contribution in [0.2, 0.25) is 0 Å². The van der Waals surface area contributed by atoms with Gasteiger partial charge in [0.1, 0.15) is 18.1 Å². The summed E-state index contributed by atoms with van der Waals surface area (Å²) in [4.78, 5) is 11.3. The molecule has 23 heavy (non-hydrogen) atoms. The van der Waals surface area contributed by atoms with E-state index in [-0.39, 0.29) is 17.5 Å². The van der Waals surface area contributed by atoms with Gasteiger partial charge in [-0.1, -0.05) is 0 Å². The molecule has 0 amide bonds. The average molecular weight is 333 g/mol. The molecule has 0 saturated carbocycles. The van der Waals surface area contributed by atoms with Crippen molar-refractivity contribution in [2.75, 3.05) is 7.11 Å². The lowest BCUT2D eigenvalue weighted by Crippen LogP contribution is -2.23. The zero-order chi connectivity index (χ0) is 16.7. The minimum Gasteiger partial charge on any atom is -0.486 e. The van der Waals surface area contributed by atoms with Crippen LogP contribution in [0.5, 0.6) is 5.75 Å². The summed E-state index contributed by atoms with van der Waals surface area (Å²) in [5, 5.41) is 3.95. The Morgan fingerprint density at radius 1 is 1.35 bits per heavy atom. The number of methoxy groups -OCH3 is 1. The second kappa shape index (κ2) is 7.95. The normalized spacial score (nSPS) is 10.5. The number of benzene rings is 1. The second-order valence-electron chi connectivity index (χ2n) is 4.35. The van der Waals surface area contributed by atoms with E-state index in [0.29, 0.717) is 11.5 Å². The van der Waals surface area contributed by atoms with Gasteiger partial charge in [0.25, 0.3) is 0 Å². The van der Waals surface area contributed by atoms with E-state index in [2.05, 4.69) is 27.5 Å². The minimum absolute atomic E-state index is 0.103. The number of rotatable bonds is 6.